The predicted molar refractivity (Wildman–Crippen MR) is 122 cm³/mol. The summed E-state index contributed by atoms with van der Waals surface area (Å²) in [6, 6.07) is 5.18. The number of rotatable bonds is 6. The second-order valence-electron chi connectivity index (χ2n) is 8.11. The van der Waals surface area contributed by atoms with Crippen LogP contribution in [0.15, 0.2) is 36.5 Å². The van der Waals surface area contributed by atoms with E-state index in [0.717, 1.165) is 5.57 Å². The number of aromatic nitrogens is 1. The van der Waals surface area contributed by atoms with E-state index in [9.17, 15) is 23.1 Å². The normalized spacial score (nSPS) is 15.2. The average molecular weight is 500 g/mol. The van der Waals surface area contributed by atoms with Crippen molar-refractivity contribution in [3.8, 4) is 5.75 Å². The number of carbonyl (C=O) groups is 1. The van der Waals surface area contributed by atoms with Gasteiger partial charge in [-0.05, 0) is 47.7 Å². The zero-order chi connectivity index (χ0) is 25.0. The first kappa shape index (κ1) is 25.8. The number of hydrogen-bond acceptors (Lipinski definition) is 5. The first-order chi connectivity index (χ1) is 16.0. The van der Waals surface area contributed by atoms with Gasteiger partial charge in [0.25, 0.3) is 0 Å². The molecule has 3 N–H and O–H groups in total. The Kier molecular flexibility index (Phi) is 8.06. The summed E-state index contributed by atoms with van der Waals surface area (Å²) >= 11 is 6.29. The maximum atomic E-state index is 12.7. The highest BCUT2D eigenvalue weighted by Gasteiger charge is 2.32. The zero-order valence-electron chi connectivity index (χ0n) is 18.6. The lowest BCUT2D eigenvalue weighted by Gasteiger charge is -2.27. The van der Waals surface area contributed by atoms with Crippen LogP contribution in [0.1, 0.15) is 49.1 Å². The van der Waals surface area contributed by atoms with E-state index in [-0.39, 0.29) is 18.2 Å². The van der Waals surface area contributed by atoms with Crippen molar-refractivity contribution < 1.29 is 32.9 Å². The van der Waals surface area contributed by atoms with Crippen LogP contribution in [0.4, 0.5) is 23.7 Å². The van der Waals surface area contributed by atoms with Crippen molar-refractivity contribution in [2.75, 3.05) is 25.0 Å². The van der Waals surface area contributed by atoms with Gasteiger partial charge in [-0.3, -0.25) is 4.98 Å². The van der Waals surface area contributed by atoms with Crippen molar-refractivity contribution in [2.24, 2.45) is 0 Å². The minimum atomic E-state index is -4.80. The third-order valence-electron chi connectivity index (χ3n) is 5.33. The monoisotopic (exact) mass is 499 g/mol. The molecule has 3 rings (SSSR count). The molecule has 0 aliphatic carbocycles. The van der Waals surface area contributed by atoms with Gasteiger partial charge in [0.15, 0.2) is 0 Å². The number of alkyl halides is 3. The highest BCUT2D eigenvalue weighted by atomic mass is 35.5. The number of pyridine rings is 1. The number of aliphatic hydroxyl groups is 2. The van der Waals surface area contributed by atoms with E-state index in [1.54, 1.807) is 24.8 Å². The Morgan fingerprint density at radius 2 is 2.06 bits per heavy atom. The van der Waals surface area contributed by atoms with Crippen LogP contribution < -0.4 is 10.1 Å². The molecular weight excluding hydrogens is 475 g/mol. The summed E-state index contributed by atoms with van der Waals surface area (Å²) in [5, 5.41) is 21.8. The molecule has 1 atom stereocenters. The lowest BCUT2D eigenvalue weighted by atomic mass is 10.0. The van der Waals surface area contributed by atoms with Gasteiger partial charge < -0.3 is 25.2 Å². The molecule has 2 heterocycles. The molecule has 11 heteroatoms. The molecule has 0 fully saturated rings. The molecule has 0 spiro atoms. The number of urea groups is 1. The molecule has 34 heavy (non-hydrogen) atoms. The quantitative estimate of drug-likeness (QED) is 0.514. The molecule has 2 amide bonds. The molecular formula is C23H25ClF3N3O4. The fraction of sp³-hybridized carbons (Fsp3) is 0.391. The van der Waals surface area contributed by atoms with E-state index in [2.05, 4.69) is 15.0 Å². The Bertz CT molecular complexity index is 1080. The first-order valence-corrected chi connectivity index (χ1v) is 11.0. The van der Waals surface area contributed by atoms with Gasteiger partial charge in [-0.2, -0.15) is 0 Å². The molecule has 1 aliphatic heterocycles. The summed E-state index contributed by atoms with van der Waals surface area (Å²) in [7, 11) is 0. The number of benzene rings is 1. The molecule has 1 aliphatic rings. The number of nitrogens with one attached hydrogen (secondary N) is 1. The maximum absolute atomic E-state index is 12.7. The zero-order valence-corrected chi connectivity index (χ0v) is 19.3. The minimum Gasteiger partial charge on any atom is -0.405 e. The van der Waals surface area contributed by atoms with E-state index < -0.39 is 25.1 Å². The standard InChI is InChI=1S/C23H25ClF3N3O4/c1-13(2)17-10-16(3-4-20(17)34-23(25,26)27)29-22(33)30-7-5-14(6-8-30)21-18(24)9-15(11-28-21)19(32)12-31/h3-5,9-11,13,19,31-32H,6-8,12H2,1-2H3,(H,29,33). The minimum absolute atomic E-state index is 0.253. The number of carbonyl (C=O) groups excluding carboxylic acids is 1. The van der Waals surface area contributed by atoms with Crippen molar-refractivity contribution in [2.45, 2.75) is 38.7 Å². The van der Waals surface area contributed by atoms with Gasteiger partial charge in [-0.1, -0.05) is 31.5 Å². The van der Waals surface area contributed by atoms with Crippen LogP contribution in [0.25, 0.3) is 5.57 Å². The average Bonchev–Trinajstić information content (AvgIpc) is 2.78. The molecule has 2 aromatic rings. The van der Waals surface area contributed by atoms with Gasteiger partial charge in [0.1, 0.15) is 11.9 Å². The smallest absolute Gasteiger partial charge is 0.405 e. The van der Waals surface area contributed by atoms with Crippen LogP contribution in [0.2, 0.25) is 5.02 Å². The fourth-order valence-corrected chi connectivity index (χ4v) is 3.84. The van der Waals surface area contributed by atoms with E-state index in [1.807, 2.05) is 6.08 Å². The molecule has 7 nitrogen and oxygen atoms in total. The summed E-state index contributed by atoms with van der Waals surface area (Å²) in [6.07, 6.45) is -2.12. The maximum Gasteiger partial charge on any atom is 0.573 e. The molecule has 1 aromatic carbocycles. The second kappa shape index (κ2) is 10.6. The largest absolute Gasteiger partial charge is 0.573 e. The van der Waals surface area contributed by atoms with E-state index in [4.69, 9.17) is 16.7 Å². The highest BCUT2D eigenvalue weighted by molar-refractivity contribution is 6.32. The van der Waals surface area contributed by atoms with Gasteiger partial charge >= 0.3 is 12.4 Å². The van der Waals surface area contributed by atoms with Gasteiger partial charge in [-0.25, -0.2) is 4.79 Å². The van der Waals surface area contributed by atoms with Crippen molar-refractivity contribution in [1.82, 2.24) is 9.88 Å². The van der Waals surface area contributed by atoms with Gasteiger partial charge in [0.2, 0.25) is 0 Å². The van der Waals surface area contributed by atoms with E-state index >= 15 is 0 Å². The van der Waals surface area contributed by atoms with Crippen LogP contribution in [-0.4, -0.2) is 52.2 Å². The molecule has 0 saturated carbocycles. The van der Waals surface area contributed by atoms with Crippen molar-refractivity contribution in [1.29, 1.82) is 0 Å². The molecule has 0 bridgehead atoms. The summed E-state index contributed by atoms with van der Waals surface area (Å²) in [5.74, 6) is -0.551. The van der Waals surface area contributed by atoms with Gasteiger partial charge in [-0.15, -0.1) is 13.2 Å². The van der Waals surface area contributed by atoms with Crippen molar-refractivity contribution in [3.05, 3.63) is 58.4 Å². The van der Waals surface area contributed by atoms with Crippen LogP contribution in [0.3, 0.4) is 0 Å². The topological polar surface area (TPSA) is 94.9 Å². The highest BCUT2D eigenvalue weighted by Crippen LogP contribution is 2.34. The van der Waals surface area contributed by atoms with E-state index in [1.165, 1.54) is 24.4 Å². The Morgan fingerprint density at radius 3 is 2.62 bits per heavy atom. The Hall–Kier alpha value is -2.82. The molecule has 1 aromatic heterocycles. The predicted octanol–water partition coefficient (Wildman–Crippen LogP) is 5.10. The molecule has 184 valence electrons. The molecule has 1 unspecified atom stereocenters. The van der Waals surface area contributed by atoms with E-state index in [0.29, 0.717) is 40.5 Å². The van der Waals surface area contributed by atoms with Gasteiger partial charge in [0, 0.05) is 30.5 Å². The fourth-order valence-electron chi connectivity index (χ4n) is 3.54. The number of amides is 2. The lowest BCUT2D eigenvalue weighted by molar-refractivity contribution is -0.274. The SMILES string of the molecule is CC(C)c1cc(NC(=O)N2CC=C(c3ncc(C(O)CO)cc3Cl)CC2)ccc1OC(F)(F)F. The number of aliphatic hydroxyl groups excluding tert-OH is 2. The van der Waals surface area contributed by atoms with Gasteiger partial charge in [0.05, 0.1) is 17.3 Å². The summed E-state index contributed by atoms with van der Waals surface area (Å²) in [5.41, 5.74) is 2.47. The number of ether oxygens (including phenoxy) is 1. The summed E-state index contributed by atoms with van der Waals surface area (Å²) in [6.45, 7) is 3.69. The molecule has 0 radical (unpaired) electrons. The van der Waals surface area contributed by atoms with Crippen LogP contribution >= 0.6 is 11.6 Å². The Morgan fingerprint density at radius 1 is 1.32 bits per heavy atom. The summed E-state index contributed by atoms with van der Waals surface area (Å²) in [4.78, 5) is 18.5. The second-order valence-corrected chi connectivity index (χ2v) is 8.52. The molecule has 0 saturated heterocycles. The van der Waals surface area contributed by atoms with Crippen LogP contribution in [0, 0.1) is 0 Å². The lowest BCUT2D eigenvalue weighted by Crippen LogP contribution is -2.38. The Labute approximate surface area is 199 Å². The Balaban J connectivity index is 1.68. The van der Waals surface area contributed by atoms with Crippen molar-refractivity contribution >= 4 is 28.9 Å². The summed E-state index contributed by atoms with van der Waals surface area (Å²) < 4.78 is 42.0. The van der Waals surface area contributed by atoms with Crippen LogP contribution in [0.5, 0.6) is 5.75 Å². The number of halogens is 4. The number of hydrogen-bond donors (Lipinski definition) is 3. The third kappa shape index (κ3) is 6.40. The number of nitrogens with zero attached hydrogens (tertiary/aromatic N) is 2. The number of anilines is 1. The van der Waals surface area contributed by atoms with Crippen molar-refractivity contribution in [3.63, 3.8) is 0 Å². The first-order valence-electron chi connectivity index (χ1n) is 10.6. The third-order valence-corrected chi connectivity index (χ3v) is 5.62. The van der Waals surface area contributed by atoms with Crippen LogP contribution in [-0.2, 0) is 0 Å².